The number of hydrogen-bond donors (Lipinski definition) is 2. The van der Waals surface area contributed by atoms with Gasteiger partial charge in [-0.2, -0.15) is 0 Å². The highest BCUT2D eigenvalue weighted by Gasteiger charge is 2.56. The normalized spacial score (nSPS) is 26.6. The van der Waals surface area contributed by atoms with Gasteiger partial charge in [0, 0.05) is 6.07 Å². The quantitative estimate of drug-likeness (QED) is 0.705. The van der Waals surface area contributed by atoms with Gasteiger partial charge in [0.2, 0.25) is 0 Å². The van der Waals surface area contributed by atoms with E-state index in [2.05, 4.69) is 10.0 Å². The summed E-state index contributed by atoms with van der Waals surface area (Å²) in [5.41, 5.74) is 0.320. The second-order valence-electron chi connectivity index (χ2n) is 7.81. The number of nitrogens with one attached hydrogen (secondary N) is 2. The lowest BCUT2D eigenvalue weighted by Gasteiger charge is -2.22. The SMILES string of the molecule is Cc1ccc(Nc2c(F)c(F)cc3c2NS(=O)C2(CC2)CC2O[C@@H]2CO3)c(F)c1. The molecule has 9 heteroatoms. The zero-order valence-corrected chi connectivity index (χ0v) is 16.4. The van der Waals surface area contributed by atoms with Gasteiger partial charge in [0.25, 0.3) is 0 Å². The molecule has 5 nitrogen and oxygen atoms in total. The van der Waals surface area contributed by atoms with Crippen molar-refractivity contribution in [3.05, 3.63) is 47.3 Å². The lowest BCUT2D eigenvalue weighted by atomic mass is 10.1. The standard InChI is InChI=1S/C20H19F3N2O3S/c1-10-2-3-13(11(21)6-10)24-19-17(23)12(22)7-14-18(19)25-29(26)20(4-5-20)8-15-16(28-15)9-27-14/h2-3,6-7,15-16,24-25H,4-5,8-9H2,1H3/t15?,16-,29?/m1/s1. The van der Waals surface area contributed by atoms with Crippen LogP contribution in [0, 0.1) is 24.4 Å². The fraction of sp³-hybridized carbons (Fsp3) is 0.400. The van der Waals surface area contributed by atoms with E-state index in [1.165, 1.54) is 12.1 Å². The average Bonchev–Trinajstić information content (AvgIpc) is 3.59. The van der Waals surface area contributed by atoms with E-state index >= 15 is 0 Å². The topological polar surface area (TPSA) is 62.9 Å². The highest BCUT2D eigenvalue weighted by atomic mass is 32.2. The van der Waals surface area contributed by atoms with Crippen LogP contribution in [0.2, 0.25) is 0 Å². The Morgan fingerprint density at radius 3 is 2.69 bits per heavy atom. The smallest absolute Gasteiger partial charge is 0.184 e. The molecule has 3 atom stereocenters. The van der Waals surface area contributed by atoms with Crippen molar-refractivity contribution in [2.24, 2.45) is 0 Å². The van der Waals surface area contributed by atoms with Crippen LogP contribution in [0.3, 0.4) is 0 Å². The number of ether oxygens (including phenoxy) is 2. The molecule has 2 unspecified atom stereocenters. The van der Waals surface area contributed by atoms with Gasteiger partial charge in [-0.05, 0) is 43.9 Å². The van der Waals surface area contributed by atoms with Gasteiger partial charge < -0.3 is 14.8 Å². The molecule has 2 aromatic rings. The molecule has 1 saturated carbocycles. The molecule has 0 amide bonds. The first-order valence-corrected chi connectivity index (χ1v) is 10.5. The molecule has 1 aliphatic carbocycles. The number of benzene rings is 2. The van der Waals surface area contributed by atoms with Gasteiger partial charge in [0.05, 0.1) is 16.5 Å². The summed E-state index contributed by atoms with van der Waals surface area (Å²) < 4.78 is 70.0. The number of rotatable bonds is 2. The molecule has 0 bridgehead atoms. The predicted octanol–water partition coefficient (Wildman–Crippen LogP) is 4.31. The Morgan fingerprint density at radius 2 is 1.97 bits per heavy atom. The van der Waals surface area contributed by atoms with Crippen molar-refractivity contribution in [2.75, 3.05) is 16.6 Å². The van der Waals surface area contributed by atoms with Gasteiger partial charge in [-0.1, -0.05) is 6.07 Å². The van der Waals surface area contributed by atoms with Crippen molar-refractivity contribution in [3.8, 4) is 5.75 Å². The lowest BCUT2D eigenvalue weighted by Crippen LogP contribution is -2.28. The molecule has 2 aromatic carbocycles. The highest BCUT2D eigenvalue weighted by molar-refractivity contribution is 7.88. The molecule has 154 valence electrons. The van der Waals surface area contributed by atoms with Crippen LogP contribution < -0.4 is 14.8 Å². The van der Waals surface area contributed by atoms with E-state index in [0.29, 0.717) is 12.0 Å². The predicted molar refractivity (Wildman–Crippen MR) is 103 cm³/mol. The molecule has 5 rings (SSSR count). The Balaban J connectivity index is 1.58. The molecule has 1 spiro atoms. The van der Waals surface area contributed by atoms with Crippen molar-refractivity contribution in [2.45, 2.75) is 43.1 Å². The third-order valence-electron chi connectivity index (χ3n) is 5.63. The third kappa shape index (κ3) is 3.36. The summed E-state index contributed by atoms with van der Waals surface area (Å²) in [7, 11) is -1.57. The van der Waals surface area contributed by atoms with Gasteiger partial charge in [-0.15, -0.1) is 0 Å². The van der Waals surface area contributed by atoms with Crippen molar-refractivity contribution in [1.29, 1.82) is 0 Å². The Labute approximate surface area is 168 Å². The second-order valence-corrected chi connectivity index (χ2v) is 9.42. The number of aryl methyl sites for hydroxylation is 1. The van der Waals surface area contributed by atoms with Gasteiger partial charge in [-0.25, -0.2) is 17.4 Å². The summed E-state index contributed by atoms with van der Waals surface area (Å²) in [5.74, 6) is -2.98. The van der Waals surface area contributed by atoms with Crippen molar-refractivity contribution in [1.82, 2.24) is 0 Å². The molecule has 29 heavy (non-hydrogen) atoms. The minimum absolute atomic E-state index is 0.000722. The van der Waals surface area contributed by atoms with Crippen LogP contribution >= 0.6 is 0 Å². The molecule has 3 aliphatic rings. The molecule has 2 N–H and O–H groups in total. The number of fused-ring (bicyclic) bond motifs is 2. The van der Waals surface area contributed by atoms with Gasteiger partial charge in [-0.3, -0.25) is 4.72 Å². The van der Waals surface area contributed by atoms with E-state index in [1.54, 1.807) is 13.0 Å². The molecular formula is C20H19F3N2O3S. The molecular weight excluding hydrogens is 405 g/mol. The maximum Gasteiger partial charge on any atom is 0.184 e. The Hall–Kier alpha value is -2.26. The fourth-order valence-electron chi connectivity index (χ4n) is 3.64. The van der Waals surface area contributed by atoms with Crippen LogP contribution in [0.4, 0.5) is 30.2 Å². The van der Waals surface area contributed by atoms with Crippen LogP contribution in [-0.4, -0.2) is 27.8 Å². The van der Waals surface area contributed by atoms with Gasteiger partial charge >= 0.3 is 0 Å². The number of hydrogen-bond acceptors (Lipinski definition) is 4. The van der Waals surface area contributed by atoms with Crippen LogP contribution in [-0.2, 0) is 15.7 Å². The largest absolute Gasteiger partial charge is 0.488 e. The van der Waals surface area contributed by atoms with Crippen molar-refractivity contribution < 1.29 is 26.9 Å². The van der Waals surface area contributed by atoms with E-state index in [9.17, 15) is 17.4 Å². The minimum atomic E-state index is -1.57. The lowest BCUT2D eigenvalue weighted by molar-refractivity contribution is 0.259. The summed E-state index contributed by atoms with van der Waals surface area (Å²) in [6.45, 7) is 1.89. The molecule has 0 aromatic heterocycles. The zero-order chi connectivity index (χ0) is 20.3. The Bertz CT molecular complexity index is 1030. The Kier molecular flexibility index (Phi) is 4.29. The summed E-state index contributed by atoms with van der Waals surface area (Å²) >= 11 is 0. The van der Waals surface area contributed by atoms with Crippen LogP contribution in [0.1, 0.15) is 24.8 Å². The summed E-state index contributed by atoms with van der Waals surface area (Å²) in [6.07, 6.45) is 1.95. The molecule has 0 radical (unpaired) electrons. The van der Waals surface area contributed by atoms with E-state index in [4.69, 9.17) is 9.47 Å². The molecule has 2 fully saturated rings. The van der Waals surface area contributed by atoms with Crippen molar-refractivity contribution >= 4 is 28.0 Å². The minimum Gasteiger partial charge on any atom is -0.488 e. The first-order valence-electron chi connectivity index (χ1n) is 9.38. The Morgan fingerprint density at radius 1 is 1.17 bits per heavy atom. The summed E-state index contributed by atoms with van der Waals surface area (Å²) in [4.78, 5) is 0. The van der Waals surface area contributed by atoms with Crippen molar-refractivity contribution in [3.63, 3.8) is 0 Å². The first kappa shape index (κ1) is 18.7. The fourth-order valence-corrected chi connectivity index (χ4v) is 5.03. The number of halogens is 3. The monoisotopic (exact) mass is 424 g/mol. The molecule has 1 saturated heterocycles. The second kappa shape index (κ2) is 6.63. The number of anilines is 3. The van der Waals surface area contributed by atoms with Gasteiger partial charge in [0.1, 0.15) is 46.6 Å². The van der Waals surface area contributed by atoms with E-state index in [1.807, 2.05) is 0 Å². The van der Waals surface area contributed by atoms with E-state index in [-0.39, 0.29) is 41.6 Å². The summed E-state index contributed by atoms with van der Waals surface area (Å²) in [6, 6.07) is 5.27. The van der Waals surface area contributed by atoms with E-state index in [0.717, 1.165) is 18.9 Å². The van der Waals surface area contributed by atoms with E-state index < -0.39 is 33.2 Å². The third-order valence-corrected chi connectivity index (χ3v) is 7.38. The summed E-state index contributed by atoms with van der Waals surface area (Å²) in [5, 5.41) is 2.61. The molecule has 2 aliphatic heterocycles. The van der Waals surface area contributed by atoms with Gasteiger partial charge in [0.15, 0.2) is 11.6 Å². The molecule has 2 heterocycles. The number of epoxide rings is 1. The van der Waals surface area contributed by atoms with Crippen LogP contribution in [0.25, 0.3) is 0 Å². The zero-order valence-electron chi connectivity index (χ0n) is 15.6. The van der Waals surface area contributed by atoms with Crippen LogP contribution in [0.15, 0.2) is 24.3 Å². The maximum atomic E-state index is 14.7. The highest BCUT2D eigenvalue weighted by Crippen LogP contribution is 2.51. The van der Waals surface area contributed by atoms with Crippen LogP contribution in [0.5, 0.6) is 5.75 Å². The maximum absolute atomic E-state index is 14.7. The average molecular weight is 424 g/mol. The first-order chi connectivity index (χ1) is 13.9.